The van der Waals surface area contributed by atoms with Crippen LogP contribution >= 0.6 is 12.6 Å². The van der Waals surface area contributed by atoms with E-state index in [-0.39, 0.29) is 4.75 Å². The molecule has 0 spiro atoms. The lowest BCUT2D eigenvalue weighted by molar-refractivity contribution is 0.576. The highest BCUT2D eigenvalue weighted by Crippen LogP contribution is 2.20. The number of rotatable bonds is 4. The van der Waals surface area contributed by atoms with Crippen molar-refractivity contribution >= 4 is 12.6 Å². The molecule has 0 saturated heterocycles. The van der Waals surface area contributed by atoms with Crippen LogP contribution in [0, 0.1) is 0 Å². The molecule has 0 N–H and O–H groups in total. The molecular formula is C8H17S. The fourth-order valence-electron chi connectivity index (χ4n) is 0.801. The largest absolute Gasteiger partial charge is 0.0873 e. The van der Waals surface area contributed by atoms with Gasteiger partial charge in [0.2, 0.25) is 0 Å². The van der Waals surface area contributed by atoms with E-state index < -0.39 is 0 Å². The molecule has 1 radical (unpaired) electrons. The van der Waals surface area contributed by atoms with Crippen molar-refractivity contribution < 1.29 is 0 Å². The van der Waals surface area contributed by atoms with Crippen molar-refractivity contribution in [2.24, 2.45) is 0 Å². The van der Waals surface area contributed by atoms with Gasteiger partial charge in [-0.2, -0.15) is 0 Å². The molecule has 0 aliphatic carbocycles. The third-order valence-electron chi connectivity index (χ3n) is 1.38. The molecule has 0 saturated carbocycles. The van der Waals surface area contributed by atoms with Gasteiger partial charge in [-0.3, -0.25) is 0 Å². The lowest BCUT2D eigenvalue weighted by Crippen LogP contribution is -2.08. The van der Waals surface area contributed by atoms with E-state index in [0.29, 0.717) is 0 Å². The minimum absolute atomic E-state index is 0.134. The average Bonchev–Trinajstić information content (AvgIpc) is 1.63. The molecule has 0 heterocycles. The third kappa shape index (κ3) is 8.35. The van der Waals surface area contributed by atoms with Gasteiger partial charge in [0.05, 0.1) is 0 Å². The Kier molecular flexibility index (Phi) is 4.37. The van der Waals surface area contributed by atoms with Gasteiger partial charge in [0, 0.05) is 4.75 Å². The first-order valence-electron chi connectivity index (χ1n) is 3.76. The Morgan fingerprint density at radius 2 is 1.78 bits per heavy atom. The zero-order valence-electron chi connectivity index (χ0n) is 6.74. The lowest BCUT2D eigenvalue weighted by Gasteiger charge is -2.14. The highest BCUT2D eigenvalue weighted by atomic mass is 32.1. The van der Waals surface area contributed by atoms with Crippen LogP contribution in [-0.2, 0) is 0 Å². The summed E-state index contributed by atoms with van der Waals surface area (Å²) in [5, 5.41) is 0. The summed E-state index contributed by atoms with van der Waals surface area (Å²) in [4.78, 5) is 0. The average molecular weight is 145 g/mol. The molecule has 0 aliphatic heterocycles. The number of hydrogen-bond acceptors (Lipinski definition) is 0. The Morgan fingerprint density at radius 3 is 2.11 bits per heavy atom. The Morgan fingerprint density at radius 1 is 1.22 bits per heavy atom. The van der Waals surface area contributed by atoms with Gasteiger partial charge >= 0.3 is 0 Å². The van der Waals surface area contributed by atoms with Crippen molar-refractivity contribution in [1.29, 1.82) is 0 Å². The maximum Gasteiger partial charge on any atom is 0.0207 e. The molecule has 55 valence electrons. The van der Waals surface area contributed by atoms with Crippen LogP contribution in [0.15, 0.2) is 0 Å². The molecule has 0 atom stereocenters. The molecular weight excluding hydrogens is 128 g/mol. The quantitative estimate of drug-likeness (QED) is 0.531. The number of hydrogen-bond donors (Lipinski definition) is 0. The molecule has 0 rings (SSSR count). The number of unbranched alkanes of at least 4 members (excludes halogenated alkanes) is 2. The van der Waals surface area contributed by atoms with Gasteiger partial charge in [-0.15, -0.1) is 0 Å². The maximum atomic E-state index is 5.20. The van der Waals surface area contributed by atoms with E-state index >= 15 is 0 Å². The first-order valence-corrected chi connectivity index (χ1v) is 4.17. The van der Waals surface area contributed by atoms with Gasteiger partial charge in [-0.1, -0.05) is 38.8 Å². The van der Waals surface area contributed by atoms with Crippen molar-refractivity contribution in [3.63, 3.8) is 0 Å². The van der Waals surface area contributed by atoms with E-state index in [1.807, 2.05) is 0 Å². The second kappa shape index (κ2) is 4.21. The summed E-state index contributed by atoms with van der Waals surface area (Å²) in [6, 6.07) is 0. The molecule has 0 nitrogen and oxygen atoms in total. The molecule has 0 aliphatic rings. The first-order chi connectivity index (χ1) is 4.06. The highest BCUT2D eigenvalue weighted by molar-refractivity contribution is 7.81. The fourth-order valence-corrected chi connectivity index (χ4v) is 0.945. The molecule has 0 amide bonds. The summed E-state index contributed by atoms with van der Waals surface area (Å²) in [6.07, 6.45) is 5.12. The molecule has 1 heteroatoms. The molecule has 0 aromatic heterocycles. The van der Waals surface area contributed by atoms with Gasteiger partial charge in [0.15, 0.2) is 0 Å². The maximum absolute atomic E-state index is 5.20. The molecule has 0 unspecified atom stereocenters. The van der Waals surface area contributed by atoms with Gasteiger partial charge in [-0.05, 0) is 20.3 Å². The summed E-state index contributed by atoms with van der Waals surface area (Å²) in [5.74, 6) is 0. The van der Waals surface area contributed by atoms with E-state index in [1.165, 1.54) is 25.7 Å². The monoisotopic (exact) mass is 145 g/mol. The normalized spacial score (nSPS) is 12.0. The van der Waals surface area contributed by atoms with Crippen molar-refractivity contribution in [1.82, 2.24) is 0 Å². The minimum atomic E-state index is 0.134. The van der Waals surface area contributed by atoms with Crippen LogP contribution in [0.2, 0.25) is 0 Å². The highest BCUT2D eigenvalue weighted by Gasteiger charge is 2.10. The van der Waals surface area contributed by atoms with Crippen LogP contribution in [-0.4, -0.2) is 4.75 Å². The second-order valence-electron chi connectivity index (χ2n) is 3.22. The Bertz CT molecular complexity index is 61.5. The lowest BCUT2D eigenvalue weighted by atomic mass is 10.0. The fraction of sp³-hybridized carbons (Fsp3) is 1.00. The van der Waals surface area contributed by atoms with Crippen LogP contribution in [0.5, 0.6) is 0 Å². The summed E-state index contributed by atoms with van der Waals surface area (Å²) in [6.45, 7) is 6.46. The summed E-state index contributed by atoms with van der Waals surface area (Å²) < 4.78 is 0.134. The summed E-state index contributed by atoms with van der Waals surface area (Å²) in [5.41, 5.74) is 0. The molecule has 0 bridgehead atoms. The van der Waals surface area contributed by atoms with E-state index in [4.69, 9.17) is 12.6 Å². The zero-order chi connectivity index (χ0) is 7.33. The van der Waals surface area contributed by atoms with E-state index in [2.05, 4.69) is 20.8 Å². The van der Waals surface area contributed by atoms with Crippen molar-refractivity contribution in [3.8, 4) is 0 Å². The molecule has 0 aromatic carbocycles. The van der Waals surface area contributed by atoms with Crippen molar-refractivity contribution in [2.75, 3.05) is 0 Å². The van der Waals surface area contributed by atoms with E-state index in [0.717, 1.165) is 0 Å². The standard InChI is InChI=1S/C8H17S/c1-4-5-6-7-8(2,3)9/h4-7H2,1-3H3. The van der Waals surface area contributed by atoms with E-state index in [9.17, 15) is 0 Å². The van der Waals surface area contributed by atoms with Crippen LogP contribution in [0.4, 0.5) is 0 Å². The van der Waals surface area contributed by atoms with Crippen molar-refractivity contribution in [3.05, 3.63) is 0 Å². The molecule has 0 aromatic rings. The predicted octanol–water partition coefficient (Wildman–Crippen LogP) is 3.54. The van der Waals surface area contributed by atoms with Gasteiger partial charge < -0.3 is 0 Å². The SMILES string of the molecule is CCCCCC(C)(C)[S]. The second-order valence-corrected chi connectivity index (χ2v) is 4.32. The Balaban J connectivity index is 3.07. The first kappa shape index (κ1) is 9.35. The topological polar surface area (TPSA) is 0 Å². The van der Waals surface area contributed by atoms with E-state index in [1.54, 1.807) is 0 Å². The van der Waals surface area contributed by atoms with Gasteiger partial charge in [-0.25, -0.2) is 0 Å². The molecule has 0 fully saturated rings. The van der Waals surface area contributed by atoms with Gasteiger partial charge in [0.25, 0.3) is 0 Å². The smallest absolute Gasteiger partial charge is 0.0207 e. The third-order valence-corrected chi connectivity index (χ3v) is 1.59. The minimum Gasteiger partial charge on any atom is -0.0873 e. The summed E-state index contributed by atoms with van der Waals surface area (Å²) in [7, 11) is 0. The molecule has 9 heavy (non-hydrogen) atoms. The predicted molar refractivity (Wildman–Crippen MR) is 45.8 cm³/mol. The van der Waals surface area contributed by atoms with Crippen LogP contribution in [0.1, 0.15) is 46.5 Å². The Hall–Kier alpha value is 0.350. The zero-order valence-corrected chi connectivity index (χ0v) is 7.55. The van der Waals surface area contributed by atoms with Crippen LogP contribution in [0.3, 0.4) is 0 Å². The Labute approximate surface area is 64.4 Å². The van der Waals surface area contributed by atoms with Crippen LogP contribution < -0.4 is 0 Å². The van der Waals surface area contributed by atoms with Crippen LogP contribution in [0.25, 0.3) is 0 Å². The van der Waals surface area contributed by atoms with Gasteiger partial charge in [0.1, 0.15) is 0 Å². The van der Waals surface area contributed by atoms with Crippen molar-refractivity contribution in [2.45, 2.75) is 51.2 Å². The summed E-state index contributed by atoms with van der Waals surface area (Å²) >= 11 is 5.20.